The molecule has 1 aromatic heterocycles. The summed E-state index contributed by atoms with van der Waals surface area (Å²) in [5.41, 5.74) is 2.34. The lowest BCUT2D eigenvalue weighted by molar-refractivity contribution is -0.0847. The number of aromatic nitrogens is 2. The molecule has 0 aliphatic heterocycles. The van der Waals surface area contributed by atoms with Gasteiger partial charge in [-0.25, -0.2) is 9.97 Å². The second-order valence-corrected chi connectivity index (χ2v) is 5.33. The number of rotatable bonds is 3. The van der Waals surface area contributed by atoms with Crippen molar-refractivity contribution in [1.82, 2.24) is 9.97 Å². The van der Waals surface area contributed by atoms with Crippen molar-refractivity contribution in [3.63, 3.8) is 0 Å². The minimum absolute atomic E-state index is 0.210. The van der Waals surface area contributed by atoms with Gasteiger partial charge < -0.3 is 10.1 Å². The van der Waals surface area contributed by atoms with Crippen LogP contribution in [0.15, 0.2) is 0 Å². The van der Waals surface area contributed by atoms with E-state index in [-0.39, 0.29) is 5.60 Å². The summed E-state index contributed by atoms with van der Waals surface area (Å²) in [6.07, 6.45) is 7.98. The first-order valence-corrected chi connectivity index (χ1v) is 6.92. The van der Waals surface area contributed by atoms with Gasteiger partial charge in [-0.3, -0.25) is 0 Å². The molecule has 0 aromatic carbocycles. The Balaban J connectivity index is 2.05. The van der Waals surface area contributed by atoms with Crippen LogP contribution in [0.5, 0.6) is 0 Å². The first-order valence-electron chi connectivity index (χ1n) is 6.92. The smallest absolute Gasteiger partial charge is 0.162 e. The van der Waals surface area contributed by atoms with E-state index in [0.717, 1.165) is 37.3 Å². The van der Waals surface area contributed by atoms with Crippen molar-refractivity contribution in [3.8, 4) is 0 Å². The summed E-state index contributed by atoms with van der Waals surface area (Å²) in [5, 5.41) is 3.23. The van der Waals surface area contributed by atoms with Crippen molar-refractivity contribution in [2.75, 3.05) is 19.5 Å². The maximum atomic E-state index is 5.70. The lowest BCUT2D eigenvalue weighted by atomic mass is 9.79. The highest BCUT2D eigenvalue weighted by Gasteiger charge is 2.42. The lowest BCUT2D eigenvalue weighted by Gasteiger charge is -2.39. The predicted molar refractivity (Wildman–Crippen MR) is 70.8 cm³/mol. The second kappa shape index (κ2) is 4.50. The van der Waals surface area contributed by atoms with Gasteiger partial charge in [0.1, 0.15) is 11.4 Å². The molecule has 0 spiro atoms. The molecule has 18 heavy (non-hydrogen) atoms. The van der Waals surface area contributed by atoms with E-state index in [9.17, 15) is 0 Å². The van der Waals surface area contributed by atoms with Gasteiger partial charge in [0, 0.05) is 25.4 Å². The van der Waals surface area contributed by atoms with E-state index < -0.39 is 0 Å². The Hall–Kier alpha value is -1.16. The third-order valence-electron chi connectivity index (χ3n) is 4.38. The fourth-order valence-corrected chi connectivity index (χ4v) is 3.02. The van der Waals surface area contributed by atoms with Crippen LogP contribution >= 0.6 is 0 Å². The molecule has 1 heterocycles. The van der Waals surface area contributed by atoms with Gasteiger partial charge in [0.05, 0.1) is 0 Å². The molecule has 4 nitrogen and oxygen atoms in total. The Morgan fingerprint density at radius 3 is 2.50 bits per heavy atom. The Bertz CT molecular complexity index is 432. The maximum Gasteiger partial charge on any atom is 0.162 e. The van der Waals surface area contributed by atoms with Crippen LogP contribution < -0.4 is 5.32 Å². The molecule has 0 bridgehead atoms. The summed E-state index contributed by atoms with van der Waals surface area (Å²) in [7, 11) is 3.72. The molecule has 2 aliphatic carbocycles. The minimum atomic E-state index is -0.210. The van der Waals surface area contributed by atoms with Gasteiger partial charge in [0.15, 0.2) is 5.82 Å². The molecule has 98 valence electrons. The van der Waals surface area contributed by atoms with E-state index in [1.807, 2.05) is 7.05 Å². The molecule has 1 N–H and O–H groups in total. The highest BCUT2D eigenvalue weighted by atomic mass is 16.5. The third-order valence-corrected chi connectivity index (χ3v) is 4.38. The predicted octanol–water partition coefficient (Wildman–Crippen LogP) is 2.42. The van der Waals surface area contributed by atoms with Gasteiger partial charge in [0.25, 0.3) is 0 Å². The molecule has 0 atom stereocenters. The normalized spacial score (nSPS) is 21.0. The van der Waals surface area contributed by atoms with Crippen molar-refractivity contribution in [2.45, 2.75) is 50.5 Å². The number of methoxy groups -OCH3 is 1. The summed E-state index contributed by atoms with van der Waals surface area (Å²) < 4.78 is 5.70. The second-order valence-electron chi connectivity index (χ2n) is 5.33. The summed E-state index contributed by atoms with van der Waals surface area (Å²) in [5.74, 6) is 1.90. The Morgan fingerprint density at radius 1 is 1.11 bits per heavy atom. The van der Waals surface area contributed by atoms with Gasteiger partial charge in [-0.05, 0) is 44.9 Å². The number of hydrogen-bond acceptors (Lipinski definition) is 4. The molecule has 3 rings (SSSR count). The molecule has 0 saturated heterocycles. The number of nitrogens with zero attached hydrogens (tertiary/aromatic N) is 2. The zero-order chi connectivity index (χ0) is 12.6. The summed E-state index contributed by atoms with van der Waals surface area (Å²) in [6, 6.07) is 0. The van der Waals surface area contributed by atoms with Crippen molar-refractivity contribution in [2.24, 2.45) is 0 Å². The zero-order valence-electron chi connectivity index (χ0n) is 11.3. The maximum absolute atomic E-state index is 5.70. The van der Waals surface area contributed by atoms with Crippen LogP contribution in [-0.2, 0) is 23.2 Å². The molecule has 1 aromatic rings. The molecular formula is C14H21N3O. The Morgan fingerprint density at radius 2 is 1.89 bits per heavy atom. The highest BCUT2D eigenvalue weighted by molar-refractivity contribution is 5.48. The summed E-state index contributed by atoms with van der Waals surface area (Å²) in [6.45, 7) is 0. The van der Waals surface area contributed by atoms with Crippen LogP contribution in [0.4, 0.5) is 5.82 Å². The van der Waals surface area contributed by atoms with Crippen LogP contribution in [0.3, 0.4) is 0 Å². The number of anilines is 1. The van der Waals surface area contributed by atoms with Crippen LogP contribution in [0, 0.1) is 0 Å². The molecule has 4 heteroatoms. The number of hydrogen-bond donors (Lipinski definition) is 1. The standard InChI is InChI=1S/C14H21N3O/c1-15-12-10-6-3-4-7-11(10)16-13(17-12)14(18-2)8-5-9-14/h3-9H2,1-2H3,(H,15,16,17). The zero-order valence-corrected chi connectivity index (χ0v) is 11.3. The molecule has 0 amide bonds. The fraction of sp³-hybridized carbons (Fsp3) is 0.714. The van der Waals surface area contributed by atoms with E-state index in [1.165, 1.54) is 30.5 Å². The largest absolute Gasteiger partial charge is 0.373 e. The number of ether oxygens (including phenoxy) is 1. The topological polar surface area (TPSA) is 47.0 Å². The van der Waals surface area contributed by atoms with Crippen LogP contribution in [0.1, 0.15) is 49.2 Å². The van der Waals surface area contributed by atoms with E-state index in [4.69, 9.17) is 14.7 Å². The van der Waals surface area contributed by atoms with E-state index >= 15 is 0 Å². The van der Waals surface area contributed by atoms with Gasteiger partial charge in [-0.15, -0.1) is 0 Å². The molecule has 2 aliphatic rings. The quantitative estimate of drug-likeness (QED) is 0.891. The molecule has 1 saturated carbocycles. The van der Waals surface area contributed by atoms with Crippen LogP contribution in [-0.4, -0.2) is 24.1 Å². The number of aryl methyl sites for hydroxylation is 1. The Kier molecular flexibility index (Phi) is 2.98. The minimum Gasteiger partial charge on any atom is -0.373 e. The van der Waals surface area contributed by atoms with Crippen molar-refractivity contribution < 1.29 is 4.74 Å². The third kappa shape index (κ3) is 1.70. The van der Waals surface area contributed by atoms with Gasteiger partial charge in [-0.2, -0.15) is 0 Å². The number of nitrogens with one attached hydrogen (secondary N) is 1. The molecule has 1 fully saturated rings. The van der Waals surface area contributed by atoms with Crippen molar-refractivity contribution in [3.05, 3.63) is 17.1 Å². The van der Waals surface area contributed by atoms with Crippen molar-refractivity contribution >= 4 is 5.82 Å². The monoisotopic (exact) mass is 247 g/mol. The van der Waals surface area contributed by atoms with Gasteiger partial charge >= 0.3 is 0 Å². The van der Waals surface area contributed by atoms with Gasteiger partial charge in [0.2, 0.25) is 0 Å². The average molecular weight is 247 g/mol. The van der Waals surface area contributed by atoms with Crippen LogP contribution in [0.25, 0.3) is 0 Å². The van der Waals surface area contributed by atoms with E-state index in [2.05, 4.69) is 5.32 Å². The average Bonchev–Trinajstić information content (AvgIpc) is 2.37. The fourth-order valence-electron chi connectivity index (χ4n) is 3.02. The number of fused-ring (bicyclic) bond motifs is 1. The van der Waals surface area contributed by atoms with E-state index in [1.54, 1.807) is 7.11 Å². The van der Waals surface area contributed by atoms with Crippen molar-refractivity contribution in [1.29, 1.82) is 0 Å². The molecule has 0 unspecified atom stereocenters. The van der Waals surface area contributed by atoms with E-state index in [0.29, 0.717) is 0 Å². The first-order chi connectivity index (χ1) is 8.79. The highest BCUT2D eigenvalue weighted by Crippen LogP contribution is 2.43. The summed E-state index contributed by atoms with van der Waals surface area (Å²) in [4.78, 5) is 9.53. The molecular weight excluding hydrogens is 226 g/mol. The first kappa shape index (κ1) is 11.9. The summed E-state index contributed by atoms with van der Waals surface area (Å²) >= 11 is 0. The van der Waals surface area contributed by atoms with Gasteiger partial charge in [-0.1, -0.05) is 0 Å². The molecule has 0 radical (unpaired) electrons. The lowest BCUT2D eigenvalue weighted by Crippen LogP contribution is -2.38. The Labute approximate surface area is 108 Å². The SMILES string of the molecule is CNc1nc(C2(OC)CCC2)nc2c1CCCC2. The van der Waals surface area contributed by atoms with Crippen LogP contribution in [0.2, 0.25) is 0 Å².